The summed E-state index contributed by atoms with van der Waals surface area (Å²) in [5, 5.41) is 0. The van der Waals surface area contributed by atoms with Crippen molar-refractivity contribution >= 4 is 5.69 Å². The second kappa shape index (κ2) is 5.19. The first-order valence-electron chi connectivity index (χ1n) is 7.97. The molecule has 0 aliphatic carbocycles. The highest BCUT2D eigenvalue weighted by Crippen LogP contribution is 2.41. The van der Waals surface area contributed by atoms with E-state index in [1.807, 2.05) is 0 Å². The molecule has 0 aromatic heterocycles. The minimum absolute atomic E-state index is 0.582. The third-order valence-corrected chi connectivity index (χ3v) is 4.99. The summed E-state index contributed by atoms with van der Waals surface area (Å²) in [4.78, 5) is 5.27. The van der Waals surface area contributed by atoms with E-state index >= 15 is 0 Å². The molecule has 2 aromatic carbocycles. The number of anilines is 1. The van der Waals surface area contributed by atoms with E-state index < -0.39 is 0 Å². The molecule has 2 saturated heterocycles. The van der Waals surface area contributed by atoms with E-state index in [9.17, 15) is 0 Å². The molecule has 0 saturated carbocycles. The second-order valence-electron chi connectivity index (χ2n) is 6.25. The van der Waals surface area contributed by atoms with Crippen molar-refractivity contribution in [3.05, 3.63) is 65.7 Å². The fourth-order valence-electron chi connectivity index (χ4n) is 3.93. The third kappa shape index (κ3) is 2.24. The molecule has 108 valence electrons. The van der Waals surface area contributed by atoms with Crippen LogP contribution in [0.15, 0.2) is 54.6 Å². The molecule has 2 heterocycles. The van der Waals surface area contributed by atoms with Crippen LogP contribution in [0.1, 0.15) is 30.0 Å². The number of fused-ring (bicyclic) bond motifs is 1. The van der Waals surface area contributed by atoms with Crippen LogP contribution in [-0.4, -0.2) is 24.2 Å². The van der Waals surface area contributed by atoms with Gasteiger partial charge in [-0.1, -0.05) is 48.0 Å². The summed E-state index contributed by atoms with van der Waals surface area (Å²) in [5.41, 5.74) is 4.20. The summed E-state index contributed by atoms with van der Waals surface area (Å²) < 4.78 is 0. The van der Waals surface area contributed by atoms with Crippen molar-refractivity contribution in [2.24, 2.45) is 0 Å². The normalized spacial score (nSPS) is 25.3. The predicted octanol–water partition coefficient (Wildman–Crippen LogP) is 3.98. The molecule has 2 unspecified atom stereocenters. The monoisotopic (exact) mass is 278 g/mol. The van der Waals surface area contributed by atoms with Crippen molar-refractivity contribution < 1.29 is 0 Å². The molecular formula is C19H22N2. The van der Waals surface area contributed by atoms with Crippen LogP contribution >= 0.6 is 0 Å². The third-order valence-electron chi connectivity index (χ3n) is 4.99. The van der Waals surface area contributed by atoms with Crippen LogP contribution in [-0.2, 0) is 0 Å². The molecule has 0 N–H and O–H groups in total. The maximum atomic E-state index is 2.69. The summed E-state index contributed by atoms with van der Waals surface area (Å²) in [6.07, 6.45) is 3.13. The number of hydrogen-bond acceptors (Lipinski definition) is 2. The van der Waals surface area contributed by atoms with Gasteiger partial charge in [-0.15, -0.1) is 0 Å². The van der Waals surface area contributed by atoms with Crippen LogP contribution in [0.4, 0.5) is 5.69 Å². The zero-order valence-corrected chi connectivity index (χ0v) is 12.6. The van der Waals surface area contributed by atoms with Crippen molar-refractivity contribution in [3.8, 4) is 0 Å². The van der Waals surface area contributed by atoms with Crippen LogP contribution in [0.3, 0.4) is 0 Å². The molecular weight excluding hydrogens is 256 g/mol. The second-order valence-corrected chi connectivity index (χ2v) is 6.25. The van der Waals surface area contributed by atoms with Gasteiger partial charge in [0.25, 0.3) is 0 Å². The van der Waals surface area contributed by atoms with Gasteiger partial charge in [-0.25, -0.2) is 0 Å². The summed E-state index contributed by atoms with van der Waals surface area (Å²) in [6.45, 7) is 4.49. The summed E-state index contributed by atoms with van der Waals surface area (Å²) >= 11 is 0. The van der Waals surface area contributed by atoms with Crippen LogP contribution in [0.2, 0.25) is 0 Å². The fourth-order valence-corrected chi connectivity index (χ4v) is 3.93. The Labute approximate surface area is 127 Å². The SMILES string of the molecule is Cc1ccc(C2CCC3N(c4ccccc4)CCN23)cc1. The Bertz CT molecular complexity index is 605. The Hall–Kier alpha value is -1.80. The van der Waals surface area contributed by atoms with E-state index in [1.165, 1.54) is 36.2 Å². The van der Waals surface area contributed by atoms with Crippen molar-refractivity contribution in [2.75, 3.05) is 18.0 Å². The Morgan fingerprint density at radius 2 is 1.62 bits per heavy atom. The smallest absolute Gasteiger partial charge is 0.0827 e. The molecule has 2 fully saturated rings. The lowest BCUT2D eigenvalue weighted by atomic mass is 10.0. The van der Waals surface area contributed by atoms with Gasteiger partial charge in [0, 0.05) is 24.8 Å². The molecule has 0 spiro atoms. The van der Waals surface area contributed by atoms with E-state index in [1.54, 1.807) is 0 Å². The van der Waals surface area contributed by atoms with E-state index in [0.717, 1.165) is 6.54 Å². The molecule has 2 aliphatic heterocycles. The minimum atomic E-state index is 0.582. The zero-order valence-electron chi connectivity index (χ0n) is 12.6. The summed E-state index contributed by atoms with van der Waals surface area (Å²) in [6, 6.07) is 20.6. The molecule has 0 radical (unpaired) electrons. The van der Waals surface area contributed by atoms with E-state index in [2.05, 4.69) is 71.3 Å². The quantitative estimate of drug-likeness (QED) is 0.820. The van der Waals surface area contributed by atoms with Crippen molar-refractivity contribution in [1.82, 2.24) is 4.90 Å². The fraction of sp³-hybridized carbons (Fsp3) is 0.368. The average Bonchev–Trinajstić information content (AvgIpc) is 3.11. The molecule has 2 aromatic rings. The standard InChI is InChI=1S/C19H22N2/c1-15-7-9-16(10-8-15)18-11-12-19-20(13-14-21(18)19)17-5-3-2-4-6-17/h2-10,18-19H,11-14H2,1H3. The van der Waals surface area contributed by atoms with Crippen molar-refractivity contribution in [3.63, 3.8) is 0 Å². The van der Waals surface area contributed by atoms with Crippen LogP contribution < -0.4 is 4.90 Å². The van der Waals surface area contributed by atoms with Gasteiger partial charge in [0.2, 0.25) is 0 Å². The lowest BCUT2D eigenvalue weighted by Gasteiger charge is -2.28. The Balaban J connectivity index is 1.57. The largest absolute Gasteiger partial charge is 0.354 e. The number of nitrogens with zero attached hydrogens (tertiary/aromatic N) is 2. The molecule has 4 rings (SSSR count). The van der Waals surface area contributed by atoms with Gasteiger partial charge in [-0.3, -0.25) is 4.90 Å². The molecule has 2 aliphatic rings. The molecule has 2 atom stereocenters. The summed E-state index contributed by atoms with van der Waals surface area (Å²) in [7, 11) is 0. The van der Waals surface area contributed by atoms with Gasteiger partial charge in [0.1, 0.15) is 0 Å². The van der Waals surface area contributed by atoms with E-state index in [-0.39, 0.29) is 0 Å². The highest BCUT2D eigenvalue weighted by Gasteiger charge is 2.41. The Morgan fingerprint density at radius 1 is 0.857 bits per heavy atom. The Kier molecular flexibility index (Phi) is 3.19. The molecule has 0 bridgehead atoms. The summed E-state index contributed by atoms with van der Waals surface area (Å²) in [5.74, 6) is 0. The molecule has 0 amide bonds. The van der Waals surface area contributed by atoms with Gasteiger partial charge >= 0.3 is 0 Å². The van der Waals surface area contributed by atoms with Gasteiger partial charge in [-0.05, 0) is 37.5 Å². The van der Waals surface area contributed by atoms with Crippen LogP contribution in [0, 0.1) is 6.92 Å². The lowest BCUT2D eigenvalue weighted by Crippen LogP contribution is -2.34. The molecule has 21 heavy (non-hydrogen) atoms. The lowest BCUT2D eigenvalue weighted by molar-refractivity contribution is 0.250. The molecule has 2 nitrogen and oxygen atoms in total. The maximum absolute atomic E-state index is 2.69. The van der Waals surface area contributed by atoms with Gasteiger partial charge in [0.15, 0.2) is 0 Å². The van der Waals surface area contributed by atoms with E-state index in [4.69, 9.17) is 0 Å². The van der Waals surface area contributed by atoms with Gasteiger partial charge < -0.3 is 4.90 Å². The predicted molar refractivity (Wildman–Crippen MR) is 87.4 cm³/mol. The topological polar surface area (TPSA) is 6.48 Å². The van der Waals surface area contributed by atoms with Crippen LogP contribution in [0.25, 0.3) is 0 Å². The number of hydrogen-bond donors (Lipinski definition) is 0. The van der Waals surface area contributed by atoms with Crippen molar-refractivity contribution in [2.45, 2.75) is 32.0 Å². The number of benzene rings is 2. The maximum Gasteiger partial charge on any atom is 0.0827 e. The van der Waals surface area contributed by atoms with Gasteiger partial charge in [-0.2, -0.15) is 0 Å². The molecule has 2 heteroatoms. The highest BCUT2D eigenvalue weighted by atomic mass is 15.4. The number of aryl methyl sites for hydroxylation is 1. The first-order valence-corrected chi connectivity index (χ1v) is 7.97. The number of rotatable bonds is 2. The number of para-hydroxylation sites is 1. The van der Waals surface area contributed by atoms with Crippen LogP contribution in [0.5, 0.6) is 0 Å². The first-order chi connectivity index (χ1) is 10.3. The Morgan fingerprint density at radius 3 is 2.38 bits per heavy atom. The highest BCUT2D eigenvalue weighted by molar-refractivity contribution is 5.48. The zero-order chi connectivity index (χ0) is 14.2. The average molecular weight is 278 g/mol. The van der Waals surface area contributed by atoms with E-state index in [0.29, 0.717) is 12.2 Å². The minimum Gasteiger partial charge on any atom is -0.354 e. The first kappa shape index (κ1) is 12.9. The van der Waals surface area contributed by atoms with Gasteiger partial charge in [0.05, 0.1) is 6.17 Å². The van der Waals surface area contributed by atoms with Crippen molar-refractivity contribution in [1.29, 1.82) is 0 Å².